The van der Waals surface area contributed by atoms with Crippen LogP contribution in [0.4, 0.5) is 0 Å². The Labute approximate surface area is 385 Å². The van der Waals surface area contributed by atoms with Gasteiger partial charge in [-0.2, -0.15) is 0 Å². The molecule has 5 aromatic heterocycles. The third-order valence-corrected chi connectivity index (χ3v) is 14.7. The maximum absolute atomic E-state index is 6.58. The predicted molar refractivity (Wildman–Crippen MR) is 280 cm³/mol. The molecule has 8 aromatic carbocycles. The van der Waals surface area contributed by atoms with Crippen LogP contribution in [0.15, 0.2) is 199 Å². The maximum atomic E-state index is 6.58. The molecule has 5 heteroatoms. The van der Waals surface area contributed by atoms with Crippen LogP contribution in [0.25, 0.3) is 127 Å². The van der Waals surface area contributed by atoms with Gasteiger partial charge in [0.25, 0.3) is 0 Å². The van der Waals surface area contributed by atoms with Crippen LogP contribution in [0.3, 0.4) is 0 Å². The summed E-state index contributed by atoms with van der Waals surface area (Å²) >= 11 is 1.89. The first-order chi connectivity index (χ1) is 32.5. The second-order valence-electron chi connectivity index (χ2n) is 17.8. The molecule has 0 N–H and O–H groups in total. The van der Waals surface area contributed by atoms with E-state index in [1.54, 1.807) is 0 Å². The average molecular weight is 866 g/mol. The van der Waals surface area contributed by atoms with Gasteiger partial charge in [-0.3, -0.25) is 4.57 Å². The summed E-state index contributed by atoms with van der Waals surface area (Å²) in [5.41, 5.74) is 16.7. The second kappa shape index (κ2) is 15.1. The highest BCUT2D eigenvalue weighted by Gasteiger charge is 2.20. The number of furan rings is 1. The van der Waals surface area contributed by atoms with Crippen molar-refractivity contribution in [2.75, 3.05) is 0 Å². The normalized spacial score (nSPS) is 12.2. The van der Waals surface area contributed by atoms with Crippen molar-refractivity contribution >= 4 is 93.2 Å². The zero-order chi connectivity index (χ0) is 44.0. The van der Waals surface area contributed by atoms with Crippen molar-refractivity contribution in [3.05, 3.63) is 205 Å². The summed E-state index contributed by atoms with van der Waals surface area (Å²) < 4.78 is 12.7. The predicted octanol–water partition coefficient (Wildman–Crippen LogP) is 17.4. The lowest BCUT2D eigenvalue weighted by Crippen LogP contribution is -1.97. The van der Waals surface area contributed by atoms with Gasteiger partial charge in [0, 0.05) is 65.0 Å². The van der Waals surface area contributed by atoms with Gasteiger partial charge < -0.3 is 8.98 Å². The van der Waals surface area contributed by atoms with Crippen molar-refractivity contribution in [1.29, 1.82) is 0 Å². The molecule has 0 amide bonds. The molecule has 0 unspecified atom stereocenters. The zero-order valence-corrected chi connectivity index (χ0v) is 37.6. The zero-order valence-electron chi connectivity index (χ0n) is 36.8. The molecule has 4 nitrogen and oxygen atoms in total. The number of nitrogens with zero attached hydrogens (tertiary/aromatic N) is 3. The molecule has 0 aliphatic carbocycles. The van der Waals surface area contributed by atoms with Crippen LogP contribution in [0.2, 0.25) is 0 Å². The highest BCUT2D eigenvalue weighted by molar-refractivity contribution is 7.20. The molecule has 0 saturated heterocycles. The molecule has 0 aliphatic heterocycles. The first-order valence-electron chi connectivity index (χ1n) is 22.7. The van der Waals surface area contributed by atoms with Gasteiger partial charge >= 0.3 is 0 Å². The number of allylic oxidation sites excluding steroid dienone is 1. The van der Waals surface area contributed by atoms with Crippen LogP contribution >= 0.6 is 11.3 Å². The van der Waals surface area contributed by atoms with Gasteiger partial charge in [0.1, 0.15) is 16.8 Å². The van der Waals surface area contributed by atoms with Gasteiger partial charge in [-0.1, -0.05) is 129 Å². The third-order valence-electron chi connectivity index (χ3n) is 13.4. The van der Waals surface area contributed by atoms with Gasteiger partial charge in [-0.25, -0.2) is 4.98 Å². The number of thiophene rings is 1. The van der Waals surface area contributed by atoms with Crippen LogP contribution in [-0.2, 0) is 0 Å². The smallest absolute Gasteiger partial charge is 0.145 e. The molecule has 66 heavy (non-hydrogen) atoms. The molecule has 314 valence electrons. The summed E-state index contributed by atoms with van der Waals surface area (Å²) in [5, 5.41) is 8.24. The van der Waals surface area contributed by atoms with Crippen LogP contribution in [0.1, 0.15) is 24.3 Å². The first-order valence-corrected chi connectivity index (χ1v) is 23.5. The Morgan fingerprint density at radius 3 is 2.03 bits per heavy atom. The molecule has 13 rings (SSSR count). The van der Waals surface area contributed by atoms with Crippen LogP contribution in [0.5, 0.6) is 0 Å². The number of pyridine rings is 1. The van der Waals surface area contributed by atoms with Crippen molar-refractivity contribution in [1.82, 2.24) is 14.1 Å². The maximum Gasteiger partial charge on any atom is 0.145 e. The second-order valence-corrected chi connectivity index (χ2v) is 18.8. The van der Waals surface area contributed by atoms with E-state index in [-0.39, 0.29) is 0 Å². The Balaban J connectivity index is 0.991. The minimum absolute atomic E-state index is 0.506. The molecule has 0 radical (unpaired) electrons. The number of aromatic nitrogens is 3. The van der Waals surface area contributed by atoms with Crippen molar-refractivity contribution < 1.29 is 4.42 Å². The van der Waals surface area contributed by atoms with E-state index >= 15 is 0 Å². The molecule has 0 saturated carbocycles. The third kappa shape index (κ3) is 6.00. The van der Waals surface area contributed by atoms with Gasteiger partial charge in [0.2, 0.25) is 0 Å². The van der Waals surface area contributed by atoms with E-state index in [0.717, 1.165) is 77.4 Å². The lowest BCUT2D eigenvalue weighted by molar-refractivity contribution is 0.670. The standard InChI is InChI=1S/C61H43N3OS/c1-37(2)26-31-58-38(3)45-19-10-21-47(60(45)66-58)41-15-8-13-39(33-41)40-14-9-16-43(34-40)63-55-29-27-42(46-20-11-22-50-49-18-5-7-25-57(49)65-59(46)50)35-52(55)53-36-44(28-30-56(53)63)64-54-24-6-4-17-48(54)51-23-12-32-62-61(51)64/h4-37H,1-3H3/b31-26-. The lowest BCUT2D eigenvalue weighted by atomic mass is 9.97. The highest BCUT2D eigenvalue weighted by atomic mass is 32.1. The molecule has 0 atom stereocenters. The molecular weight excluding hydrogens is 823 g/mol. The fraction of sp³-hybridized carbons (Fsp3) is 0.0656. The van der Waals surface area contributed by atoms with Gasteiger partial charge in [0.15, 0.2) is 0 Å². The summed E-state index contributed by atoms with van der Waals surface area (Å²) in [6, 6.07) is 66.2. The van der Waals surface area contributed by atoms with Crippen molar-refractivity contribution in [3.8, 4) is 44.8 Å². The number of hydrogen-bond acceptors (Lipinski definition) is 3. The monoisotopic (exact) mass is 865 g/mol. The van der Waals surface area contributed by atoms with E-state index in [9.17, 15) is 0 Å². The summed E-state index contributed by atoms with van der Waals surface area (Å²) in [6.07, 6.45) is 6.49. The minimum Gasteiger partial charge on any atom is -0.455 e. The highest BCUT2D eigenvalue weighted by Crippen LogP contribution is 2.43. The first kappa shape index (κ1) is 38.5. The molecule has 0 aliphatic rings. The average Bonchev–Trinajstić information content (AvgIpc) is 4.10. The minimum atomic E-state index is 0.506. The summed E-state index contributed by atoms with van der Waals surface area (Å²) in [7, 11) is 0. The van der Waals surface area contributed by atoms with E-state index in [1.807, 2.05) is 29.7 Å². The van der Waals surface area contributed by atoms with Crippen LogP contribution < -0.4 is 0 Å². The van der Waals surface area contributed by atoms with Crippen LogP contribution in [-0.4, -0.2) is 14.1 Å². The number of para-hydroxylation sites is 3. The topological polar surface area (TPSA) is 35.9 Å². The van der Waals surface area contributed by atoms with E-state index in [1.165, 1.54) is 53.6 Å². The molecule has 0 fully saturated rings. The fourth-order valence-electron chi connectivity index (χ4n) is 10.2. The quantitative estimate of drug-likeness (QED) is 0.160. The Morgan fingerprint density at radius 1 is 0.500 bits per heavy atom. The Morgan fingerprint density at radius 2 is 1.15 bits per heavy atom. The fourth-order valence-corrected chi connectivity index (χ4v) is 11.5. The lowest BCUT2D eigenvalue weighted by Gasteiger charge is -2.12. The van der Waals surface area contributed by atoms with Gasteiger partial charge in [-0.05, 0) is 130 Å². The molecule has 0 bridgehead atoms. The van der Waals surface area contributed by atoms with Crippen LogP contribution in [0, 0.1) is 12.8 Å². The number of fused-ring (bicyclic) bond motifs is 10. The van der Waals surface area contributed by atoms with Gasteiger partial charge in [0.05, 0.1) is 16.6 Å². The van der Waals surface area contributed by atoms with E-state index in [2.05, 4.69) is 212 Å². The van der Waals surface area contributed by atoms with Gasteiger partial charge in [-0.15, -0.1) is 11.3 Å². The Hall–Kier alpha value is -7.99. The molecule has 13 aromatic rings. The van der Waals surface area contributed by atoms with Crippen molar-refractivity contribution in [2.24, 2.45) is 5.92 Å². The Kier molecular flexibility index (Phi) is 8.77. The van der Waals surface area contributed by atoms with Crippen molar-refractivity contribution in [2.45, 2.75) is 20.8 Å². The van der Waals surface area contributed by atoms with E-state index in [0.29, 0.717) is 5.92 Å². The number of aryl methyl sites for hydroxylation is 1. The Bertz CT molecular complexity index is 4060. The summed E-state index contributed by atoms with van der Waals surface area (Å²) in [6.45, 7) is 6.72. The van der Waals surface area contributed by atoms with E-state index in [4.69, 9.17) is 9.40 Å². The van der Waals surface area contributed by atoms with Crippen molar-refractivity contribution in [3.63, 3.8) is 0 Å². The number of benzene rings is 8. The summed E-state index contributed by atoms with van der Waals surface area (Å²) in [4.78, 5) is 6.26. The largest absolute Gasteiger partial charge is 0.455 e. The molecule has 5 heterocycles. The number of rotatable bonds is 7. The SMILES string of the molecule is Cc1c(/C=C\C(C)C)sc2c(-c3cccc(-c4cccc(-n5c6ccc(-c7cccc8c7oc7ccccc78)cc6c6cc(-n7c8ccccc8c8cccnc87)ccc65)c4)c3)cccc12. The summed E-state index contributed by atoms with van der Waals surface area (Å²) in [5.74, 6) is 0.506. The molecule has 0 spiro atoms. The van der Waals surface area contributed by atoms with E-state index < -0.39 is 0 Å². The number of hydrogen-bond donors (Lipinski definition) is 0. The molecular formula is C61H43N3OS.